The number of hydrogen-bond donors (Lipinski definition) is 2. The number of rotatable bonds is 4. The average molecular weight is 408 g/mol. The van der Waals surface area contributed by atoms with Gasteiger partial charge in [0.2, 0.25) is 0 Å². The van der Waals surface area contributed by atoms with Crippen LogP contribution in [0.25, 0.3) is 0 Å². The van der Waals surface area contributed by atoms with Crippen LogP contribution in [-0.2, 0) is 10.8 Å². The first kappa shape index (κ1) is 20.7. The molecular formula is C29H29NO. The number of anilines is 1. The molecule has 4 aromatic rings. The summed E-state index contributed by atoms with van der Waals surface area (Å²) in [5.74, 6) is 0.166. The van der Waals surface area contributed by atoms with Gasteiger partial charge in [-0.05, 0) is 39.8 Å². The van der Waals surface area contributed by atoms with Gasteiger partial charge < -0.3 is 10.8 Å². The summed E-state index contributed by atoms with van der Waals surface area (Å²) in [7, 11) is 0. The van der Waals surface area contributed by atoms with Crippen molar-refractivity contribution in [3.8, 4) is 5.75 Å². The van der Waals surface area contributed by atoms with Gasteiger partial charge in [0.15, 0.2) is 0 Å². The van der Waals surface area contributed by atoms with Gasteiger partial charge in [0.25, 0.3) is 0 Å². The second kappa shape index (κ2) is 7.96. The molecule has 31 heavy (non-hydrogen) atoms. The second-order valence-corrected chi connectivity index (χ2v) is 9.06. The molecule has 2 nitrogen and oxygen atoms in total. The highest BCUT2D eigenvalue weighted by Crippen LogP contribution is 2.48. The Labute approximate surface area is 185 Å². The zero-order valence-electron chi connectivity index (χ0n) is 18.3. The third-order valence-electron chi connectivity index (χ3n) is 6.00. The highest BCUT2D eigenvalue weighted by atomic mass is 16.3. The van der Waals surface area contributed by atoms with Crippen LogP contribution in [-0.4, -0.2) is 5.11 Å². The van der Waals surface area contributed by atoms with Crippen molar-refractivity contribution in [2.45, 2.75) is 31.6 Å². The Kier molecular flexibility index (Phi) is 5.32. The number of benzene rings is 4. The van der Waals surface area contributed by atoms with E-state index < -0.39 is 5.41 Å². The van der Waals surface area contributed by atoms with Crippen molar-refractivity contribution >= 4 is 5.69 Å². The van der Waals surface area contributed by atoms with Crippen LogP contribution in [0.1, 0.15) is 48.6 Å². The number of phenols is 1. The first-order valence-electron chi connectivity index (χ1n) is 10.6. The average Bonchev–Trinajstić information content (AvgIpc) is 2.78. The molecule has 0 unspecified atom stereocenters. The lowest BCUT2D eigenvalue weighted by atomic mass is 9.64. The first-order valence-corrected chi connectivity index (χ1v) is 10.6. The summed E-state index contributed by atoms with van der Waals surface area (Å²) in [5.41, 5.74) is 11.3. The number of nitrogen functional groups attached to an aromatic ring is 1. The maximum absolute atomic E-state index is 10.8. The quantitative estimate of drug-likeness (QED) is 0.226. The Morgan fingerprint density at radius 3 is 1.32 bits per heavy atom. The summed E-state index contributed by atoms with van der Waals surface area (Å²) in [6.07, 6.45) is 0. The van der Waals surface area contributed by atoms with Crippen LogP contribution in [0.2, 0.25) is 0 Å². The van der Waals surface area contributed by atoms with Gasteiger partial charge in [-0.1, -0.05) is 112 Å². The van der Waals surface area contributed by atoms with Crippen molar-refractivity contribution in [2.24, 2.45) is 0 Å². The SMILES string of the molecule is CC(C)(C)c1cc(C(c2ccccc2)(c2ccccc2)c2ccccc2)cc(N)c1O. The summed E-state index contributed by atoms with van der Waals surface area (Å²) < 4.78 is 0. The zero-order chi connectivity index (χ0) is 22.1. The molecule has 0 aliphatic heterocycles. The summed E-state index contributed by atoms with van der Waals surface area (Å²) in [6.45, 7) is 6.29. The number of hydrogen-bond acceptors (Lipinski definition) is 2. The zero-order valence-corrected chi connectivity index (χ0v) is 18.3. The summed E-state index contributed by atoms with van der Waals surface area (Å²) in [5, 5.41) is 10.8. The Hall–Kier alpha value is -3.52. The third-order valence-corrected chi connectivity index (χ3v) is 6.00. The fourth-order valence-corrected chi connectivity index (χ4v) is 4.51. The van der Waals surface area contributed by atoms with Crippen LogP contribution < -0.4 is 5.73 Å². The second-order valence-electron chi connectivity index (χ2n) is 9.06. The molecule has 0 atom stereocenters. The third kappa shape index (κ3) is 3.59. The topological polar surface area (TPSA) is 46.2 Å². The highest BCUT2D eigenvalue weighted by molar-refractivity contribution is 5.67. The molecule has 156 valence electrons. The first-order chi connectivity index (χ1) is 14.8. The van der Waals surface area contributed by atoms with Crippen molar-refractivity contribution < 1.29 is 5.11 Å². The van der Waals surface area contributed by atoms with E-state index in [9.17, 15) is 5.11 Å². The molecule has 4 rings (SSSR count). The van der Waals surface area contributed by atoms with Gasteiger partial charge in [0.05, 0.1) is 11.1 Å². The molecule has 0 aromatic heterocycles. The molecule has 0 amide bonds. The van der Waals surface area contributed by atoms with E-state index >= 15 is 0 Å². The lowest BCUT2D eigenvalue weighted by molar-refractivity contribution is 0.448. The van der Waals surface area contributed by atoms with Crippen molar-refractivity contribution in [1.82, 2.24) is 0 Å². The minimum absolute atomic E-state index is 0.166. The molecule has 0 aliphatic rings. The van der Waals surface area contributed by atoms with E-state index in [-0.39, 0.29) is 11.2 Å². The fourth-order valence-electron chi connectivity index (χ4n) is 4.51. The molecule has 0 spiro atoms. The minimum atomic E-state index is -0.578. The van der Waals surface area contributed by atoms with Gasteiger partial charge in [-0.3, -0.25) is 0 Å². The molecule has 2 heteroatoms. The van der Waals surface area contributed by atoms with Crippen molar-refractivity contribution in [2.75, 3.05) is 5.73 Å². The van der Waals surface area contributed by atoms with Gasteiger partial charge >= 0.3 is 0 Å². The standard InChI is InChI=1S/C29H29NO/c1-28(2,3)25-19-24(20-26(30)27(25)31)29(21-13-7-4-8-14-21,22-15-9-5-10-16-22)23-17-11-6-12-18-23/h4-20,31H,30H2,1-3H3. The van der Waals surface area contributed by atoms with E-state index in [0.717, 1.165) is 27.8 Å². The molecule has 3 N–H and O–H groups in total. The van der Waals surface area contributed by atoms with E-state index in [4.69, 9.17) is 5.73 Å². The molecule has 0 saturated carbocycles. The van der Waals surface area contributed by atoms with Gasteiger partial charge in [-0.15, -0.1) is 0 Å². The maximum atomic E-state index is 10.8. The highest BCUT2D eigenvalue weighted by Gasteiger charge is 2.39. The smallest absolute Gasteiger partial charge is 0.142 e. The summed E-state index contributed by atoms with van der Waals surface area (Å²) in [6, 6.07) is 35.6. The summed E-state index contributed by atoms with van der Waals surface area (Å²) in [4.78, 5) is 0. The number of nitrogens with two attached hydrogens (primary N) is 1. The Morgan fingerprint density at radius 1 is 0.581 bits per heavy atom. The number of phenolic OH excluding ortho intramolecular Hbond substituents is 1. The van der Waals surface area contributed by atoms with Crippen LogP contribution in [0, 0.1) is 0 Å². The van der Waals surface area contributed by atoms with Gasteiger partial charge in [0.1, 0.15) is 5.75 Å². The normalized spacial score (nSPS) is 12.0. The van der Waals surface area contributed by atoms with Crippen LogP contribution >= 0.6 is 0 Å². The Bertz CT molecular complexity index is 1060. The van der Waals surface area contributed by atoms with E-state index in [2.05, 4.69) is 99.6 Å². The molecular weight excluding hydrogens is 378 g/mol. The lowest BCUT2D eigenvalue weighted by Gasteiger charge is -2.38. The molecule has 0 heterocycles. The molecule has 4 aromatic carbocycles. The van der Waals surface area contributed by atoms with E-state index in [1.807, 2.05) is 24.3 Å². The fraction of sp³-hybridized carbons (Fsp3) is 0.172. The van der Waals surface area contributed by atoms with E-state index in [1.165, 1.54) is 0 Å². The molecule has 0 saturated heterocycles. The molecule has 0 fully saturated rings. The maximum Gasteiger partial charge on any atom is 0.142 e. The predicted molar refractivity (Wildman–Crippen MR) is 130 cm³/mol. The van der Waals surface area contributed by atoms with Crippen LogP contribution in [0.5, 0.6) is 5.75 Å². The van der Waals surface area contributed by atoms with Crippen LogP contribution in [0.3, 0.4) is 0 Å². The number of aromatic hydroxyl groups is 1. The van der Waals surface area contributed by atoms with Crippen LogP contribution in [0.4, 0.5) is 5.69 Å². The van der Waals surface area contributed by atoms with Crippen molar-refractivity contribution in [3.05, 3.63) is 131 Å². The predicted octanol–water partition coefficient (Wildman–Crippen LogP) is 6.65. The largest absolute Gasteiger partial charge is 0.505 e. The molecule has 0 radical (unpaired) electrons. The van der Waals surface area contributed by atoms with Crippen LogP contribution in [0.15, 0.2) is 103 Å². The molecule has 0 aliphatic carbocycles. The van der Waals surface area contributed by atoms with Gasteiger partial charge in [0, 0.05) is 5.56 Å². The minimum Gasteiger partial charge on any atom is -0.505 e. The van der Waals surface area contributed by atoms with E-state index in [0.29, 0.717) is 5.69 Å². The molecule has 0 bridgehead atoms. The van der Waals surface area contributed by atoms with Crippen molar-refractivity contribution in [1.29, 1.82) is 0 Å². The Balaban J connectivity index is 2.18. The lowest BCUT2D eigenvalue weighted by Crippen LogP contribution is -2.31. The van der Waals surface area contributed by atoms with Crippen molar-refractivity contribution in [3.63, 3.8) is 0 Å². The van der Waals surface area contributed by atoms with Gasteiger partial charge in [-0.25, -0.2) is 0 Å². The monoisotopic (exact) mass is 407 g/mol. The van der Waals surface area contributed by atoms with E-state index in [1.54, 1.807) is 0 Å². The van der Waals surface area contributed by atoms with Gasteiger partial charge in [-0.2, -0.15) is 0 Å². The summed E-state index contributed by atoms with van der Waals surface area (Å²) >= 11 is 0. The Morgan fingerprint density at radius 2 is 0.968 bits per heavy atom.